The Balaban J connectivity index is 2.95. The summed E-state index contributed by atoms with van der Waals surface area (Å²) in [6, 6.07) is 1.88. The van der Waals surface area contributed by atoms with E-state index in [1.54, 1.807) is 6.33 Å². The topological polar surface area (TPSA) is 30.7 Å². The van der Waals surface area contributed by atoms with E-state index in [0.29, 0.717) is 5.15 Å². The van der Waals surface area contributed by atoms with Crippen LogP contribution in [0.5, 0.6) is 0 Å². The minimum absolute atomic E-state index is 0.689. The Morgan fingerprint density at radius 3 is 2.83 bits per heavy atom. The molecule has 4 heteroatoms. The third-order valence-corrected chi connectivity index (χ3v) is 2.33. The molecule has 0 aliphatic carbocycles. The Morgan fingerprint density at radius 2 is 2.17 bits per heavy atom. The van der Waals surface area contributed by atoms with E-state index in [1.165, 1.54) is 0 Å². The second-order valence-electron chi connectivity index (χ2n) is 2.72. The number of hydrogen-bond acceptors (Lipinski definition) is 2. The van der Waals surface area contributed by atoms with Crippen LogP contribution in [0.3, 0.4) is 0 Å². The molecule has 2 rings (SSSR count). The Hall–Kier alpha value is -1.09. The molecular formula is C8H8ClN3. The first-order valence-corrected chi connectivity index (χ1v) is 4.00. The second-order valence-corrected chi connectivity index (χ2v) is 3.11. The van der Waals surface area contributed by atoms with Crippen molar-refractivity contribution in [3.63, 3.8) is 0 Å². The minimum atomic E-state index is 0.689. The van der Waals surface area contributed by atoms with Gasteiger partial charge < -0.3 is 4.57 Å². The van der Waals surface area contributed by atoms with Crippen molar-refractivity contribution in [1.82, 2.24) is 14.5 Å². The lowest BCUT2D eigenvalue weighted by molar-refractivity contribution is 0.942. The van der Waals surface area contributed by atoms with E-state index in [-0.39, 0.29) is 0 Å². The molecule has 0 atom stereocenters. The Bertz CT molecular complexity index is 433. The van der Waals surface area contributed by atoms with Crippen LogP contribution in [0.25, 0.3) is 11.0 Å². The first kappa shape index (κ1) is 7.55. The molecule has 0 radical (unpaired) electrons. The number of hydrogen-bond donors (Lipinski definition) is 0. The van der Waals surface area contributed by atoms with E-state index in [1.807, 2.05) is 24.6 Å². The predicted octanol–water partition coefficient (Wildman–Crippen LogP) is 1.93. The van der Waals surface area contributed by atoms with Crippen LogP contribution < -0.4 is 0 Å². The van der Waals surface area contributed by atoms with Gasteiger partial charge in [-0.1, -0.05) is 11.6 Å². The van der Waals surface area contributed by atoms with Crippen molar-refractivity contribution < 1.29 is 0 Å². The third-order valence-electron chi connectivity index (χ3n) is 1.96. The van der Waals surface area contributed by atoms with Gasteiger partial charge in [-0.15, -0.1) is 0 Å². The molecule has 0 aliphatic heterocycles. The molecule has 12 heavy (non-hydrogen) atoms. The highest BCUT2D eigenvalue weighted by Gasteiger charge is 2.06. The maximum absolute atomic E-state index is 5.92. The van der Waals surface area contributed by atoms with Crippen LogP contribution in [0.1, 0.15) is 5.69 Å². The first-order valence-electron chi connectivity index (χ1n) is 3.62. The molecule has 0 bridgehead atoms. The fourth-order valence-corrected chi connectivity index (χ4v) is 1.41. The Morgan fingerprint density at radius 1 is 1.42 bits per heavy atom. The summed E-state index contributed by atoms with van der Waals surface area (Å²) in [5.41, 5.74) is 1.84. The highest BCUT2D eigenvalue weighted by atomic mass is 35.5. The zero-order chi connectivity index (χ0) is 8.72. The lowest BCUT2D eigenvalue weighted by Gasteiger charge is -1.96. The van der Waals surface area contributed by atoms with Gasteiger partial charge in [-0.3, -0.25) is 0 Å². The van der Waals surface area contributed by atoms with Crippen LogP contribution in [0.4, 0.5) is 0 Å². The maximum atomic E-state index is 5.92. The molecule has 3 nitrogen and oxygen atoms in total. The van der Waals surface area contributed by atoms with E-state index < -0.39 is 0 Å². The predicted molar refractivity (Wildman–Crippen MR) is 48.3 cm³/mol. The number of rotatable bonds is 0. The van der Waals surface area contributed by atoms with Crippen LogP contribution in [-0.2, 0) is 7.05 Å². The van der Waals surface area contributed by atoms with Gasteiger partial charge >= 0.3 is 0 Å². The molecule has 0 N–H and O–H groups in total. The van der Waals surface area contributed by atoms with E-state index in [0.717, 1.165) is 16.7 Å². The molecule has 2 aromatic rings. The Kier molecular flexibility index (Phi) is 1.54. The van der Waals surface area contributed by atoms with Crippen LogP contribution in [0.15, 0.2) is 12.4 Å². The minimum Gasteiger partial charge on any atom is -0.319 e. The molecule has 0 saturated heterocycles. The molecule has 0 saturated carbocycles. The van der Waals surface area contributed by atoms with Crippen molar-refractivity contribution in [3.8, 4) is 0 Å². The highest BCUT2D eigenvalue weighted by Crippen LogP contribution is 2.21. The van der Waals surface area contributed by atoms with Crippen LogP contribution in [0, 0.1) is 6.92 Å². The van der Waals surface area contributed by atoms with Crippen LogP contribution in [-0.4, -0.2) is 14.5 Å². The van der Waals surface area contributed by atoms with E-state index >= 15 is 0 Å². The van der Waals surface area contributed by atoms with Crippen LogP contribution >= 0.6 is 11.6 Å². The van der Waals surface area contributed by atoms with Gasteiger partial charge in [-0.05, 0) is 13.0 Å². The molecule has 2 heterocycles. The summed E-state index contributed by atoms with van der Waals surface area (Å²) in [5, 5.41) is 1.71. The maximum Gasteiger partial charge on any atom is 0.144 e. The lowest BCUT2D eigenvalue weighted by atomic mass is 10.3. The van der Waals surface area contributed by atoms with Gasteiger partial charge in [0.25, 0.3) is 0 Å². The summed E-state index contributed by atoms with van der Waals surface area (Å²) in [4.78, 5) is 8.21. The molecule has 0 amide bonds. The summed E-state index contributed by atoms with van der Waals surface area (Å²) in [7, 11) is 1.89. The van der Waals surface area contributed by atoms with Gasteiger partial charge in [0.15, 0.2) is 0 Å². The zero-order valence-corrected chi connectivity index (χ0v) is 7.63. The molecule has 62 valence electrons. The second kappa shape index (κ2) is 2.45. The molecule has 0 aliphatic rings. The van der Waals surface area contributed by atoms with Crippen LogP contribution in [0.2, 0.25) is 5.15 Å². The number of aryl methyl sites for hydroxylation is 2. The summed E-state index contributed by atoms with van der Waals surface area (Å²) in [6.07, 6.45) is 1.55. The molecule has 0 unspecified atom stereocenters. The largest absolute Gasteiger partial charge is 0.319 e. The lowest BCUT2D eigenvalue weighted by Crippen LogP contribution is -1.91. The highest BCUT2D eigenvalue weighted by molar-refractivity contribution is 6.30. The summed E-state index contributed by atoms with van der Waals surface area (Å²) in [6.45, 7) is 1.94. The standard InChI is InChI=1S/C8H8ClN3/c1-5-6-3-7(9)12(2)8(6)11-4-10-5/h3-4H,1-2H3. The van der Waals surface area contributed by atoms with Gasteiger partial charge in [0.2, 0.25) is 0 Å². The van der Waals surface area contributed by atoms with E-state index in [2.05, 4.69) is 9.97 Å². The van der Waals surface area contributed by atoms with Crippen molar-refractivity contribution in [2.45, 2.75) is 6.92 Å². The number of aromatic nitrogens is 3. The molecular weight excluding hydrogens is 174 g/mol. The quantitative estimate of drug-likeness (QED) is 0.622. The zero-order valence-electron chi connectivity index (χ0n) is 6.87. The summed E-state index contributed by atoms with van der Waals surface area (Å²) in [5.74, 6) is 0. The average Bonchev–Trinajstić information content (AvgIpc) is 2.32. The smallest absolute Gasteiger partial charge is 0.144 e. The summed E-state index contributed by atoms with van der Waals surface area (Å²) >= 11 is 5.92. The fraction of sp³-hybridized carbons (Fsp3) is 0.250. The molecule has 0 fully saturated rings. The molecule has 2 aromatic heterocycles. The van der Waals surface area contributed by atoms with Gasteiger partial charge in [0.1, 0.15) is 17.1 Å². The van der Waals surface area contributed by atoms with E-state index in [4.69, 9.17) is 11.6 Å². The van der Waals surface area contributed by atoms with Gasteiger partial charge in [-0.2, -0.15) is 0 Å². The van der Waals surface area contributed by atoms with Crippen molar-refractivity contribution in [2.75, 3.05) is 0 Å². The molecule has 0 spiro atoms. The first-order chi connectivity index (χ1) is 5.70. The third kappa shape index (κ3) is 0.898. The van der Waals surface area contributed by atoms with Crippen molar-refractivity contribution in [1.29, 1.82) is 0 Å². The molecule has 0 aromatic carbocycles. The monoisotopic (exact) mass is 181 g/mol. The summed E-state index contributed by atoms with van der Waals surface area (Å²) < 4.78 is 1.84. The normalized spacial score (nSPS) is 10.9. The van der Waals surface area contributed by atoms with E-state index in [9.17, 15) is 0 Å². The SMILES string of the molecule is Cc1ncnc2c1cc(Cl)n2C. The Labute approximate surface area is 75.0 Å². The van der Waals surface area contributed by atoms with Gasteiger partial charge in [-0.25, -0.2) is 9.97 Å². The average molecular weight is 182 g/mol. The number of halogens is 1. The fourth-order valence-electron chi connectivity index (χ4n) is 1.22. The van der Waals surface area contributed by atoms with Gasteiger partial charge in [0.05, 0.1) is 5.69 Å². The number of fused-ring (bicyclic) bond motifs is 1. The van der Waals surface area contributed by atoms with Gasteiger partial charge in [0, 0.05) is 12.4 Å². The van der Waals surface area contributed by atoms with Crippen molar-refractivity contribution in [2.24, 2.45) is 7.05 Å². The van der Waals surface area contributed by atoms with Crippen molar-refractivity contribution >= 4 is 22.6 Å². The van der Waals surface area contributed by atoms with Crippen molar-refractivity contribution in [3.05, 3.63) is 23.2 Å². The number of nitrogens with zero attached hydrogens (tertiary/aromatic N) is 3.